The van der Waals surface area contributed by atoms with Gasteiger partial charge in [-0.05, 0) is 61.4 Å². The van der Waals surface area contributed by atoms with Gasteiger partial charge in [0.05, 0.1) is 12.0 Å². The lowest BCUT2D eigenvalue weighted by Crippen LogP contribution is -2.41. The summed E-state index contributed by atoms with van der Waals surface area (Å²) >= 11 is 1.74. The summed E-state index contributed by atoms with van der Waals surface area (Å²) in [4.78, 5) is 15.1. The molecule has 2 aromatic carbocycles. The van der Waals surface area contributed by atoms with Crippen LogP contribution in [0.15, 0.2) is 53.4 Å². The molecular weight excluding hydrogens is 330 g/mol. The average molecular weight is 356 g/mol. The first-order chi connectivity index (χ1) is 12.1. The van der Waals surface area contributed by atoms with Crippen LogP contribution in [0.3, 0.4) is 0 Å². The summed E-state index contributed by atoms with van der Waals surface area (Å²) in [5.41, 5.74) is 3.75. The smallest absolute Gasteiger partial charge is 0.307 e. The molecule has 0 radical (unpaired) electrons. The third-order valence-corrected chi connectivity index (χ3v) is 5.83. The molecule has 1 aliphatic rings. The molecule has 0 amide bonds. The molecule has 1 aliphatic heterocycles. The lowest BCUT2D eigenvalue weighted by molar-refractivity contribution is -0.143. The number of carbonyl (C=O) groups is 1. The Morgan fingerprint density at radius 1 is 1.20 bits per heavy atom. The normalized spacial score (nSPS) is 19.5. The van der Waals surface area contributed by atoms with Crippen LogP contribution in [-0.4, -0.2) is 35.3 Å². The van der Waals surface area contributed by atoms with Crippen molar-refractivity contribution < 1.29 is 9.90 Å². The first-order valence-corrected chi connectivity index (χ1v) is 9.99. The topological polar surface area (TPSA) is 40.5 Å². The Hall–Kier alpha value is -1.78. The van der Waals surface area contributed by atoms with Crippen LogP contribution in [-0.2, 0) is 4.79 Å². The first kappa shape index (κ1) is 18.0. The highest BCUT2D eigenvalue weighted by Gasteiger charge is 2.31. The largest absolute Gasteiger partial charge is 0.481 e. The maximum absolute atomic E-state index is 11.5. The van der Waals surface area contributed by atoms with Crippen molar-refractivity contribution in [2.24, 2.45) is 5.92 Å². The lowest BCUT2D eigenvalue weighted by atomic mass is 9.89. The quantitative estimate of drug-likeness (QED) is 0.796. The van der Waals surface area contributed by atoms with Gasteiger partial charge < -0.3 is 5.11 Å². The summed E-state index contributed by atoms with van der Waals surface area (Å²) in [7, 11) is 0. The summed E-state index contributed by atoms with van der Waals surface area (Å²) in [6, 6.07) is 17.2. The van der Waals surface area contributed by atoms with Crippen LogP contribution < -0.4 is 0 Å². The first-order valence-electron chi connectivity index (χ1n) is 8.76. The fraction of sp³-hybridized carbons (Fsp3) is 0.381. The standard InChI is InChI=1S/C21H25NO2S/c1-15-6-3-4-8-19(15)20(16-9-11-18(25-2)12-10-16)22-13-5-7-17(14-22)21(23)24/h3-4,6,8-12,17,20H,5,7,13-14H2,1-2H3,(H,23,24). The van der Waals surface area contributed by atoms with Crippen LogP contribution in [0.25, 0.3) is 0 Å². The number of hydrogen-bond acceptors (Lipinski definition) is 3. The number of carboxylic acid groups (broad SMARTS) is 1. The molecule has 0 saturated carbocycles. The van der Waals surface area contributed by atoms with Crippen molar-refractivity contribution in [3.05, 3.63) is 65.2 Å². The number of rotatable bonds is 5. The summed E-state index contributed by atoms with van der Waals surface area (Å²) < 4.78 is 0. The van der Waals surface area contributed by atoms with E-state index in [1.54, 1.807) is 11.8 Å². The molecule has 0 bridgehead atoms. The molecule has 3 nitrogen and oxygen atoms in total. The minimum Gasteiger partial charge on any atom is -0.481 e. The van der Waals surface area contributed by atoms with E-state index in [1.807, 2.05) is 0 Å². The zero-order valence-electron chi connectivity index (χ0n) is 14.8. The van der Waals surface area contributed by atoms with E-state index >= 15 is 0 Å². The van der Waals surface area contributed by atoms with Crippen molar-refractivity contribution >= 4 is 17.7 Å². The number of piperidine rings is 1. The highest BCUT2D eigenvalue weighted by Crippen LogP contribution is 2.34. The molecule has 2 aromatic rings. The van der Waals surface area contributed by atoms with Gasteiger partial charge in [-0.25, -0.2) is 0 Å². The lowest BCUT2D eigenvalue weighted by Gasteiger charge is -2.38. The van der Waals surface area contributed by atoms with Crippen molar-refractivity contribution in [1.82, 2.24) is 4.90 Å². The fourth-order valence-corrected chi connectivity index (χ4v) is 4.12. The predicted molar refractivity (Wildman–Crippen MR) is 103 cm³/mol. The third kappa shape index (κ3) is 4.07. The summed E-state index contributed by atoms with van der Waals surface area (Å²) in [6.45, 7) is 3.68. The molecule has 25 heavy (non-hydrogen) atoms. The SMILES string of the molecule is CSc1ccc(C(c2ccccc2C)N2CCCC(C(=O)O)C2)cc1. The van der Waals surface area contributed by atoms with Gasteiger partial charge in [0.15, 0.2) is 0 Å². The van der Waals surface area contributed by atoms with Gasteiger partial charge in [0.2, 0.25) is 0 Å². The minimum absolute atomic E-state index is 0.110. The Balaban J connectivity index is 1.99. The second-order valence-corrected chi connectivity index (χ2v) is 7.58. The number of nitrogens with zero attached hydrogens (tertiary/aromatic N) is 1. The van der Waals surface area contributed by atoms with Crippen LogP contribution in [0.4, 0.5) is 0 Å². The Morgan fingerprint density at radius 3 is 2.56 bits per heavy atom. The Bertz CT molecular complexity index is 729. The van der Waals surface area contributed by atoms with Gasteiger partial charge in [-0.15, -0.1) is 11.8 Å². The Labute approximate surface area is 154 Å². The van der Waals surface area contributed by atoms with Crippen LogP contribution >= 0.6 is 11.8 Å². The van der Waals surface area contributed by atoms with E-state index in [0.717, 1.165) is 19.4 Å². The third-order valence-electron chi connectivity index (χ3n) is 5.08. The molecule has 2 unspecified atom stereocenters. The van der Waals surface area contributed by atoms with E-state index in [-0.39, 0.29) is 12.0 Å². The number of likely N-dealkylation sites (tertiary alicyclic amines) is 1. The highest BCUT2D eigenvalue weighted by molar-refractivity contribution is 7.98. The van der Waals surface area contributed by atoms with Crippen molar-refractivity contribution in [3.63, 3.8) is 0 Å². The Kier molecular flexibility index (Phi) is 5.82. The monoisotopic (exact) mass is 355 g/mol. The van der Waals surface area contributed by atoms with Crippen LogP contribution in [0.1, 0.15) is 35.6 Å². The van der Waals surface area contributed by atoms with Gasteiger partial charge in [0.25, 0.3) is 0 Å². The van der Waals surface area contributed by atoms with Crippen molar-refractivity contribution in [1.29, 1.82) is 0 Å². The second-order valence-electron chi connectivity index (χ2n) is 6.70. The molecule has 2 atom stereocenters. The molecule has 3 rings (SSSR count). The zero-order chi connectivity index (χ0) is 17.8. The van der Waals surface area contributed by atoms with E-state index in [0.29, 0.717) is 6.54 Å². The van der Waals surface area contributed by atoms with Crippen LogP contribution in [0.5, 0.6) is 0 Å². The van der Waals surface area contributed by atoms with Gasteiger partial charge in [0.1, 0.15) is 0 Å². The van der Waals surface area contributed by atoms with Gasteiger partial charge in [-0.2, -0.15) is 0 Å². The highest BCUT2D eigenvalue weighted by atomic mass is 32.2. The molecule has 0 aromatic heterocycles. The maximum Gasteiger partial charge on any atom is 0.307 e. The van der Waals surface area contributed by atoms with Crippen molar-refractivity contribution in [3.8, 4) is 0 Å². The molecular formula is C21H25NO2S. The van der Waals surface area contributed by atoms with Gasteiger partial charge in [0, 0.05) is 11.4 Å². The van der Waals surface area contributed by atoms with E-state index in [9.17, 15) is 9.90 Å². The van der Waals surface area contributed by atoms with Crippen LogP contribution in [0.2, 0.25) is 0 Å². The molecule has 132 valence electrons. The number of hydrogen-bond donors (Lipinski definition) is 1. The molecule has 0 aliphatic carbocycles. The summed E-state index contributed by atoms with van der Waals surface area (Å²) in [5.74, 6) is -0.947. The molecule has 1 N–H and O–H groups in total. The number of carboxylic acids is 1. The molecule has 1 fully saturated rings. The fourth-order valence-electron chi connectivity index (χ4n) is 3.71. The zero-order valence-corrected chi connectivity index (χ0v) is 15.6. The number of benzene rings is 2. The van der Waals surface area contributed by atoms with E-state index < -0.39 is 5.97 Å². The van der Waals surface area contributed by atoms with Crippen molar-refractivity contribution in [2.75, 3.05) is 19.3 Å². The van der Waals surface area contributed by atoms with E-state index in [1.165, 1.54) is 21.6 Å². The van der Waals surface area contributed by atoms with Gasteiger partial charge in [-0.3, -0.25) is 9.69 Å². The molecule has 4 heteroatoms. The maximum atomic E-state index is 11.5. The minimum atomic E-state index is -0.675. The number of thioether (sulfide) groups is 1. The average Bonchev–Trinajstić information content (AvgIpc) is 2.64. The second kappa shape index (κ2) is 8.07. The van der Waals surface area contributed by atoms with E-state index in [4.69, 9.17) is 0 Å². The Morgan fingerprint density at radius 2 is 1.92 bits per heavy atom. The molecule has 0 spiro atoms. The van der Waals surface area contributed by atoms with E-state index in [2.05, 4.69) is 66.6 Å². The number of aryl methyl sites for hydroxylation is 1. The van der Waals surface area contributed by atoms with Gasteiger partial charge in [-0.1, -0.05) is 36.4 Å². The molecule has 1 saturated heterocycles. The molecule has 1 heterocycles. The number of aliphatic carboxylic acids is 1. The van der Waals surface area contributed by atoms with Crippen LogP contribution in [0, 0.1) is 12.8 Å². The van der Waals surface area contributed by atoms with Crippen molar-refractivity contribution in [2.45, 2.75) is 30.7 Å². The summed E-state index contributed by atoms with van der Waals surface area (Å²) in [6.07, 6.45) is 3.79. The predicted octanol–water partition coefficient (Wildman–Crippen LogP) is 4.60. The van der Waals surface area contributed by atoms with Gasteiger partial charge >= 0.3 is 5.97 Å². The summed E-state index contributed by atoms with van der Waals surface area (Å²) in [5, 5.41) is 9.47.